The van der Waals surface area contributed by atoms with E-state index in [-0.39, 0.29) is 125 Å². The van der Waals surface area contributed by atoms with Crippen LogP contribution in [0.2, 0.25) is 0 Å². The van der Waals surface area contributed by atoms with Crippen LogP contribution < -0.4 is 57.2 Å². The summed E-state index contributed by atoms with van der Waals surface area (Å²) >= 11 is 0. The van der Waals surface area contributed by atoms with E-state index in [1.54, 1.807) is 81.7 Å². The Labute approximate surface area is 701 Å². The summed E-state index contributed by atoms with van der Waals surface area (Å²) in [5.74, 6) is -1.99. The van der Waals surface area contributed by atoms with E-state index in [4.69, 9.17) is 34.6 Å². The number of fused-ring (bicyclic) bond motifs is 1. The fourth-order valence-electron chi connectivity index (χ4n) is 16.3. The minimum Gasteiger partial charge on any atom is -0.496 e. The van der Waals surface area contributed by atoms with Gasteiger partial charge in [-0.05, 0) is 135 Å². The summed E-state index contributed by atoms with van der Waals surface area (Å²) in [5.41, 5.74) is 8.98. The number of aliphatic hydroxyl groups excluding tert-OH is 1. The third-order valence-electron chi connectivity index (χ3n) is 23.4. The molecule has 10 N–H and O–H groups in total. The summed E-state index contributed by atoms with van der Waals surface area (Å²) in [6.45, 7) is 10.9. The topological polar surface area (TPSA) is 442 Å². The van der Waals surface area contributed by atoms with Crippen LogP contribution in [0.4, 0.5) is 36.5 Å². The Morgan fingerprint density at radius 2 is 1.43 bits per heavy atom. The SMILES string of the molecule is COc1cc(=O)n(C)cc1-c1ccc2nc(N3CCC(CN4C[C@@H](C)N(C(=O)c5ccc(OC)c(N6CCC(=O)NC6=O)c5)C[C@@H]4C)CC3)nc(C(CO)(CC3CC3)c3ccc(C(C(Cc4ccc(NC(=O)[C@H](CCCNC(N)=O)NC(=O)[C@@H](NC(=O)CCOCCOCCN5C(=O)C=CC5=O)C(C)C)cc4)N(C)C(=O)O)N(C)C(=O)O)cc3)c2c1. The van der Waals surface area contributed by atoms with E-state index >= 15 is 0 Å². The van der Waals surface area contributed by atoms with Gasteiger partial charge in [-0.25, -0.2) is 29.1 Å². The van der Waals surface area contributed by atoms with Crippen LogP contribution >= 0.6 is 0 Å². The lowest BCUT2D eigenvalue weighted by molar-refractivity contribution is -0.137. The molecule has 0 spiro atoms. The van der Waals surface area contributed by atoms with Crippen LogP contribution in [0.25, 0.3) is 22.0 Å². The highest BCUT2D eigenvalue weighted by atomic mass is 16.5. The first-order valence-electron chi connectivity index (χ1n) is 40.9. The molecule has 648 valence electrons. The predicted molar refractivity (Wildman–Crippen MR) is 448 cm³/mol. The number of likely N-dealkylation sites (N-methyl/N-ethyl adjacent to an activating group) is 2. The number of pyridine rings is 1. The number of nitrogens with one attached hydrogen (secondary N) is 5. The second-order valence-corrected chi connectivity index (χ2v) is 32.1. The molecule has 11 rings (SSSR count). The molecule has 35 heteroatoms. The fourth-order valence-corrected chi connectivity index (χ4v) is 16.3. The van der Waals surface area contributed by atoms with Crippen molar-refractivity contribution in [3.05, 3.63) is 148 Å². The van der Waals surface area contributed by atoms with Gasteiger partial charge in [-0.15, -0.1) is 0 Å². The molecule has 6 aromatic rings. The average Bonchev–Trinajstić information content (AvgIpc) is 1.68. The van der Waals surface area contributed by atoms with Gasteiger partial charge in [0.15, 0.2) is 0 Å². The molecule has 6 heterocycles. The second kappa shape index (κ2) is 40.3. The third-order valence-corrected chi connectivity index (χ3v) is 23.4. The molecule has 2 aromatic heterocycles. The van der Waals surface area contributed by atoms with Gasteiger partial charge >= 0.3 is 24.2 Å². The van der Waals surface area contributed by atoms with E-state index in [1.807, 2.05) is 42.2 Å². The van der Waals surface area contributed by atoms with Crippen molar-refractivity contribution >= 4 is 93.8 Å². The van der Waals surface area contributed by atoms with E-state index < -0.39 is 95.9 Å². The molecule has 4 aliphatic heterocycles. The minimum atomic E-state index is -1.35. The van der Waals surface area contributed by atoms with Crippen molar-refractivity contribution in [3.8, 4) is 22.6 Å². The van der Waals surface area contributed by atoms with Crippen LogP contribution in [-0.2, 0) is 57.1 Å². The van der Waals surface area contributed by atoms with E-state index in [2.05, 4.69) is 43.3 Å². The van der Waals surface area contributed by atoms with E-state index in [9.17, 15) is 72.9 Å². The zero-order valence-electron chi connectivity index (χ0n) is 69.8. The van der Waals surface area contributed by atoms with Crippen molar-refractivity contribution in [3.63, 3.8) is 0 Å². The summed E-state index contributed by atoms with van der Waals surface area (Å²) < 4.78 is 23.8. The van der Waals surface area contributed by atoms with Crippen molar-refractivity contribution in [2.24, 2.45) is 30.5 Å². The second-order valence-electron chi connectivity index (χ2n) is 32.1. The van der Waals surface area contributed by atoms with E-state index in [0.29, 0.717) is 106 Å². The number of carbonyl (C=O) groups is 11. The molecular formula is C86H110N16O19. The normalized spacial score (nSPS) is 18.0. The number of aryl methyl sites for hydroxylation is 1. The molecule has 4 fully saturated rings. The molecule has 4 aromatic carbocycles. The number of anilines is 3. The molecule has 1 saturated carbocycles. The number of carbonyl (C=O) groups excluding carboxylic acids is 9. The molecule has 13 amide bonds. The van der Waals surface area contributed by atoms with Gasteiger partial charge in [0.2, 0.25) is 29.6 Å². The highest BCUT2D eigenvalue weighted by Gasteiger charge is 2.45. The Kier molecular flexibility index (Phi) is 29.9. The van der Waals surface area contributed by atoms with Crippen molar-refractivity contribution < 1.29 is 87.0 Å². The predicted octanol–water partition coefficient (Wildman–Crippen LogP) is 6.22. The maximum atomic E-state index is 14.4. The molecule has 0 radical (unpaired) electrons. The highest BCUT2D eigenvalue weighted by molar-refractivity contribution is 6.13. The minimum absolute atomic E-state index is 0.00615. The quantitative estimate of drug-likeness (QED) is 0.0153. The zero-order valence-corrected chi connectivity index (χ0v) is 69.8. The maximum Gasteiger partial charge on any atom is 0.407 e. The number of nitrogens with zero attached hydrogens (tertiary/aromatic N) is 10. The van der Waals surface area contributed by atoms with Crippen LogP contribution in [0, 0.1) is 17.8 Å². The number of piperazine rings is 1. The number of primary amides is 1. The van der Waals surface area contributed by atoms with Gasteiger partial charge in [-0.3, -0.25) is 58.4 Å². The number of carboxylic acid groups (broad SMARTS) is 2. The van der Waals surface area contributed by atoms with Gasteiger partial charge in [-0.2, -0.15) is 0 Å². The monoisotopic (exact) mass is 1670 g/mol. The summed E-state index contributed by atoms with van der Waals surface area (Å²) in [4.78, 5) is 177. The molecule has 121 heavy (non-hydrogen) atoms. The zero-order chi connectivity index (χ0) is 87.1. The Morgan fingerprint density at radius 1 is 0.744 bits per heavy atom. The first kappa shape index (κ1) is 89.7. The molecule has 5 aliphatic rings. The van der Waals surface area contributed by atoms with Gasteiger partial charge in [0, 0.05) is 138 Å². The van der Waals surface area contributed by atoms with Gasteiger partial charge in [0.05, 0.1) is 88.2 Å². The number of imide groups is 2. The first-order chi connectivity index (χ1) is 57.9. The number of rotatable bonds is 38. The van der Waals surface area contributed by atoms with Crippen LogP contribution in [0.1, 0.15) is 124 Å². The number of urea groups is 2. The van der Waals surface area contributed by atoms with Gasteiger partial charge in [0.25, 0.3) is 23.3 Å². The summed E-state index contributed by atoms with van der Waals surface area (Å²) in [6.07, 6.45) is 5.36. The lowest BCUT2D eigenvalue weighted by Gasteiger charge is -2.46. The molecule has 0 bridgehead atoms. The standard InChI is InChI=1S/C86H110N16O19/c1-51(2)75(92-71(105)31-37-120-39-40-121-38-36-101-72(106)26-27-73(101)107)79(110)90-65(11-10-32-88-81(87)112)78(109)89-61-22-14-54(15-23-61)41-67(96(6)84(114)115)76(97(7)85(116)117)57-16-20-60(21-17-57)86(50-103,45-55-12-13-55)77-62-42-58(63-49-95(5)74(108)44-69(63)119-9)18-24-64(62)91-82(94-77)98-33-28-56(29-34-98)48-99-46-53(4)102(47-52(99)3)80(111)59-19-25-68(118-8)66(43-59)100-35-30-70(104)93-83(100)113/h14-27,42-44,49,51-53,55-56,65,67,75-76,103H,10-13,28-41,45-48,50H2,1-9H3,(H,89,109)(H,90,110)(H,92,105)(H,114,115)(H,116,117)(H3,87,88,112)(H,93,104,113)/t52-,53+,65-,67?,75-,76?,86?/m0/s1. The number of hydrogen-bond acceptors (Lipinski definition) is 21. The number of piperidine rings is 1. The smallest absolute Gasteiger partial charge is 0.407 e. The van der Waals surface area contributed by atoms with Gasteiger partial charge in [-0.1, -0.05) is 69.2 Å². The van der Waals surface area contributed by atoms with Crippen LogP contribution in [0.15, 0.2) is 114 Å². The Morgan fingerprint density at radius 3 is 2.07 bits per heavy atom. The number of aromatic nitrogens is 3. The summed E-state index contributed by atoms with van der Waals surface area (Å²) in [7, 11) is 7.36. The molecular weight excluding hydrogens is 1560 g/mol. The number of benzene rings is 4. The molecule has 7 atom stereocenters. The van der Waals surface area contributed by atoms with Gasteiger partial charge in [0.1, 0.15) is 23.6 Å². The number of ether oxygens (including phenoxy) is 4. The first-order valence-corrected chi connectivity index (χ1v) is 40.9. The number of amides is 13. The summed E-state index contributed by atoms with van der Waals surface area (Å²) in [5, 5.41) is 47.9. The largest absolute Gasteiger partial charge is 0.496 e. The number of nitrogens with two attached hydrogens (primary N) is 1. The summed E-state index contributed by atoms with van der Waals surface area (Å²) in [6, 6.07) is 19.9. The average molecular weight is 1670 g/mol. The van der Waals surface area contributed by atoms with Crippen LogP contribution in [0.5, 0.6) is 11.5 Å². The van der Waals surface area contributed by atoms with E-state index in [0.717, 1.165) is 46.9 Å². The van der Waals surface area contributed by atoms with E-state index in [1.165, 1.54) is 56.0 Å². The molecule has 35 nitrogen and oxygen atoms in total. The van der Waals surface area contributed by atoms with Crippen molar-refractivity contribution in [2.75, 3.05) is 129 Å². The van der Waals surface area contributed by atoms with Crippen LogP contribution in [0.3, 0.4) is 0 Å². The third kappa shape index (κ3) is 21.9. The van der Waals surface area contributed by atoms with Crippen LogP contribution in [-0.4, -0.2) is 264 Å². The number of methoxy groups -OCH3 is 2. The maximum absolute atomic E-state index is 14.4. The van der Waals surface area contributed by atoms with Crippen molar-refractivity contribution in [1.29, 1.82) is 0 Å². The number of hydrogen-bond donors (Lipinski definition) is 9. The highest BCUT2D eigenvalue weighted by Crippen LogP contribution is 2.49. The Balaban J connectivity index is 0.808. The Bertz CT molecular complexity index is 4880. The van der Waals surface area contributed by atoms with Crippen molar-refractivity contribution in [2.45, 2.75) is 134 Å². The van der Waals surface area contributed by atoms with Gasteiger partial charge < -0.3 is 85.4 Å². The molecule has 1 aliphatic carbocycles. The Hall–Kier alpha value is -12.1. The number of aliphatic hydroxyl groups is 1. The molecule has 3 unspecified atom stereocenters. The van der Waals surface area contributed by atoms with Crippen molar-refractivity contribution in [1.82, 2.24) is 60.3 Å². The fraction of sp³-hybridized carbons (Fsp3) is 0.488. The lowest BCUT2D eigenvalue weighted by Crippen LogP contribution is -2.59. The lowest BCUT2D eigenvalue weighted by atomic mass is 9.72. The molecule has 3 saturated heterocycles.